The maximum absolute atomic E-state index is 13.0. The molecule has 0 unspecified atom stereocenters. The highest BCUT2D eigenvalue weighted by Gasteiger charge is 2.24. The maximum atomic E-state index is 13.0. The van der Waals surface area contributed by atoms with E-state index in [1.54, 1.807) is 31.4 Å². The van der Waals surface area contributed by atoms with Gasteiger partial charge in [-0.05, 0) is 48.0 Å². The molecule has 0 saturated carbocycles. The number of halogens is 3. The highest BCUT2D eigenvalue weighted by Crippen LogP contribution is 2.36. The first-order valence-electron chi connectivity index (χ1n) is 9.28. The predicted octanol–water partition coefficient (Wildman–Crippen LogP) is 7.61. The lowest BCUT2D eigenvalue weighted by atomic mass is 9.86. The van der Waals surface area contributed by atoms with Gasteiger partial charge >= 0.3 is 0 Å². The summed E-state index contributed by atoms with van der Waals surface area (Å²) < 4.78 is 8.09. The minimum atomic E-state index is -0.324. The minimum Gasteiger partial charge on any atom is -0.496 e. The third-order valence-electron chi connectivity index (χ3n) is 4.79. The Bertz CT molecular complexity index is 1020. The normalized spacial score (nSPS) is 10.8. The third-order valence-corrected chi connectivity index (χ3v) is 6.27. The van der Waals surface area contributed by atoms with Crippen molar-refractivity contribution in [3.05, 3.63) is 96.8 Å². The van der Waals surface area contributed by atoms with E-state index in [2.05, 4.69) is 47.8 Å². The Balaban J connectivity index is 1.95. The van der Waals surface area contributed by atoms with Crippen molar-refractivity contribution in [2.24, 2.45) is 0 Å². The lowest BCUT2D eigenvalue weighted by Crippen LogP contribution is -2.14. The van der Waals surface area contributed by atoms with Gasteiger partial charge in [0.1, 0.15) is 5.75 Å². The molecule has 3 aromatic carbocycles. The molecule has 6 heteroatoms. The molecule has 3 aromatic rings. The zero-order chi connectivity index (χ0) is 21.7. The molecule has 0 aliphatic carbocycles. The monoisotopic (exact) mass is 592 g/mol. The summed E-state index contributed by atoms with van der Waals surface area (Å²) in [6, 6.07) is 20.2. The highest BCUT2D eigenvalue weighted by atomic mass is 79.9. The van der Waals surface area contributed by atoms with E-state index in [4.69, 9.17) is 4.74 Å². The van der Waals surface area contributed by atoms with Crippen LogP contribution in [0.2, 0.25) is 0 Å². The molecule has 30 heavy (non-hydrogen) atoms. The van der Waals surface area contributed by atoms with Crippen LogP contribution in [0.4, 0.5) is 0 Å². The van der Waals surface area contributed by atoms with Crippen molar-refractivity contribution in [3.63, 3.8) is 0 Å². The van der Waals surface area contributed by atoms with Crippen molar-refractivity contribution < 1.29 is 14.3 Å². The summed E-state index contributed by atoms with van der Waals surface area (Å²) in [5.74, 6) is 0.290. The average Bonchev–Trinajstić information content (AvgIpc) is 2.73. The Hall–Kier alpha value is -1.76. The molecular formula is C24H19Br3O3. The summed E-state index contributed by atoms with van der Waals surface area (Å²) in [7, 11) is 1.59. The Morgan fingerprint density at radius 3 is 1.73 bits per heavy atom. The Morgan fingerprint density at radius 1 is 0.767 bits per heavy atom. The average molecular weight is 595 g/mol. The number of benzene rings is 3. The summed E-state index contributed by atoms with van der Waals surface area (Å²) in [6.45, 7) is 0. The van der Waals surface area contributed by atoms with Crippen LogP contribution in [0.15, 0.2) is 80.1 Å². The molecule has 0 fully saturated rings. The number of ketones is 2. The molecule has 0 amide bonds. The van der Waals surface area contributed by atoms with E-state index in [-0.39, 0.29) is 30.3 Å². The topological polar surface area (TPSA) is 43.4 Å². The molecule has 0 N–H and O–H groups in total. The molecule has 0 bridgehead atoms. The molecule has 3 rings (SSSR count). The molecule has 154 valence electrons. The van der Waals surface area contributed by atoms with Crippen molar-refractivity contribution in [1.82, 2.24) is 0 Å². The van der Waals surface area contributed by atoms with E-state index in [9.17, 15) is 9.59 Å². The van der Waals surface area contributed by atoms with E-state index >= 15 is 0 Å². The predicted molar refractivity (Wildman–Crippen MR) is 130 cm³/mol. The van der Waals surface area contributed by atoms with Crippen molar-refractivity contribution in [2.75, 3.05) is 7.11 Å². The minimum absolute atomic E-state index is 0.0228. The fourth-order valence-electron chi connectivity index (χ4n) is 3.32. The van der Waals surface area contributed by atoms with Gasteiger partial charge in [0.2, 0.25) is 0 Å². The highest BCUT2D eigenvalue weighted by molar-refractivity contribution is 9.11. The Labute approximate surface area is 201 Å². The van der Waals surface area contributed by atoms with E-state index in [1.165, 1.54) is 0 Å². The van der Waals surface area contributed by atoms with Crippen molar-refractivity contribution in [1.29, 1.82) is 0 Å². The van der Waals surface area contributed by atoms with E-state index in [0.29, 0.717) is 16.9 Å². The second-order valence-corrected chi connectivity index (χ2v) is 9.61. The van der Waals surface area contributed by atoms with E-state index in [1.807, 2.05) is 42.5 Å². The molecule has 0 aliphatic rings. The lowest BCUT2D eigenvalue weighted by Gasteiger charge is -2.20. The van der Waals surface area contributed by atoms with Gasteiger partial charge in [-0.3, -0.25) is 9.59 Å². The third kappa shape index (κ3) is 5.90. The Morgan fingerprint density at radius 2 is 1.27 bits per heavy atom. The van der Waals surface area contributed by atoms with Gasteiger partial charge in [0.15, 0.2) is 11.6 Å². The Kier molecular flexibility index (Phi) is 8.03. The largest absolute Gasteiger partial charge is 0.496 e. The van der Waals surface area contributed by atoms with Crippen LogP contribution in [-0.2, 0) is 0 Å². The van der Waals surface area contributed by atoms with Crippen LogP contribution in [0, 0.1) is 0 Å². The quantitative estimate of drug-likeness (QED) is 0.252. The van der Waals surface area contributed by atoms with Crippen LogP contribution in [0.1, 0.15) is 45.0 Å². The molecule has 0 aromatic heterocycles. The van der Waals surface area contributed by atoms with Gasteiger partial charge in [-0.25, -0.2) is 0 Å². The number of ether oxygens (including phenoxy) is 1. The summed E-state index contributed by atoms with van der Waals surface area (Å²) >= 11 is 10.3. The molecule has 0 aliphatic heterocycles. The second kappa shape index (κ2) is 10.5. The van der Waals surface area contributed by atoms with Crippen LogP contribution in [0.3, 0.4) is 0 Å². The van der Waals surface area contributed by atoms with Crippen molar-refractivity contribution >= 4 is 59.4 Å². The maximum Gasteiger partial charge on any atom is 0.163 e. The van der Waals surface area contributed by atoms with Crippen LogP contribution < -0.4 is 4.74 Å². The van der Waals surface area contributed by atoms with E-state index < -0.39 is 0 Å². The van der Waals surface area contributed by atoms with Gasteiger partial charge in [0, 0.05) is 43.3 Å². The number of hydrogen-bond acceptors (Lipinski definition) is 3. The molecular weight excluding hydrogens is 576 g/mol. The van der Waals surface area contributed by atoms with Gasteiger partial charge in [-0.15, -0.1) is 0 Å². The van der Waals surface area contributed by atoms with Gasteiger partial charge in [-0.1, -0.05) is 72.1 Å². The zero-order valence-corrected chi connectivity index (χ0v) is 21.0. The number of methoxy groups -OCH3 is 1. The zero-order valence-electron chi connectivity index (χ0n) is 16.2. The fourth-order valence-corrected chi connectivity index (χ4v) is 4.50. The molecule has 0 radical (unpaired) electrons. The lowest BCUT2D eigenvalue weighted by molar-refractivity contribution is 0.0944. The van der Waals surface area contributed by atoms with Crippen molar-refractivity contribution in [2.45, 2.75) is 18.8 Å². The van der Waals surface area contributed by atoms with Crippen LogP contribution >= 0.6 is 47.8 Å². The summed E-state index contributed by atoms with van der Waals surface area (Å²) in [4.78, 5) is 26.1. The molecule has 0 heterocycles. The smallest absolute Gasteiger partial charge is 0.163 e. The SMILES string of the molecule is COc1ccc(Br)cc1C(CC(=O)c1cccc(Br)c1)CC(=O)c1cccc(Br)c1. The molecule has 0 atom stereocenters. The number of Topliss-reactive ketones (excluding diaryl/α,β-unsaturated/α-hetero) is 2. The number of carbonyl (C=O) groups excluding carboxylic acids is 2. The van der Waals surface area contributed by atoms with Gasteiger partial charge < -0.3 is 4.74 Å². The van der Waals surface area contributed by atoms with Crippen LogP contribution in [0.5, 0.6) is 5.75 Å². The number of carbonyl (C=O) groups is 2. The molecule has 0 spiro atoms. The summed E-state index contributed by atoms with van der Waals surface area (Å²) in [5.41, 5.74) is 2.05. The van der Waals surface area contributed by atoms with Crippen molar-refractivity contribution in [3.8, 4) is 5.75 Å². The van der Waals surface area contributed by atoms with Crippen LogP contribution in [0.25, 0.3) is 0 Å². The van der Waals surface area contributed by atoms with Gasteiger partial charge in [0.05, 0.1) is 7.11 Å². The summed E-state index contributed by atoms with van der Waals surface area (Å²) in [6.07, 6.45) is 0.395. The fraction of sp³-hybridized carbons (Fsp3) is 0.167. The summed E-state index contributed by atoms with van der Waals surface area (Å²) in [5, 5.41) is 0. The molecule has 0 saturated heterocycles. The van der Waals surface area contributed by atoms with Gasteiger partial charge in [0.25, 0.3) is 0 Å². The van der Waals surface area contributed by atoms with Gasteiger partial charge in [-0.2, -0.15) is 0 Å². The number of hydrogen-bond donors (Lipinski definition) is 0. The second-order valence-electron chi connectivity index (χ2n) is 6.86. The van der Waals surface area contributed by atoms with Crippen LogP contribution in [-0.4, -0.2) is 18.7 Å². The first kappa shape index (κ1) is 22.9. The number of rotatable bonds is 8. The standard InChI is InChI=1S/C24H19Br3O3/c1-30-24-9-8-20(27)14-21(24)17(12-22(28)15-4-2-6-18(25)10-15)13-23(29)16-5-3-7-19(26)11-16/h2-11,14,17H,12-13H2,1H3. The first-order valence-corrected chi connectivity index (χ1v) is 11.7. The molecule has 3 nitrogen and oxygen atoms in total. The van der Waals surface area contributed by atoms with E-state index in [0.717, 1.165) is 19.0 Å². The first-order chi connectivity index (χ1) is 14.4.